The van der Waals surface area contributed by atoms with Crippen molar-refractivity contribution in [2.75, 3.05) is 13.2 Å². The van der Waals surface area contributed by atoms with E-state index in [4.69, 9.17) is 14.2 Å². The minimum Gasteiger partial charge on any atom is -0.462 e. The number of esters is 3. The van der Waals surface area contributed by atoms with Crippen LogP contribution in [0.2, 0.25) is 0 Å². The van der Waals surface area contributed by atoms with Crippen LogP contribution >= 0.6 is 0 Å². The van der Waals surface area contributed by atoms with Crippen LogP contribution in [0.25, 0.3) is 0 Å². The van der Waals surface area contributed by atoms with Crippen molar-refractivity contribution in [2.45, 2.75) is 226 Å². The van der Waals surface area contributed by atoms with Crippen LogP contribution in [0.4, 0.5) is 0 Å². The lowest BCUT2D eigenvalue weighted by Gasteiger charge is -2.18. The molecule has 0 amide bonds. The van der Waals surface area contributed by atoms with Crippen molar-refractivity contribution in [3.8, 4) is 0 Å². The lowest BCUT2D eigenvalue weighted by atomic mass is 10.1. The molecule has 0 fully saturated rings. The van der Waals surface area contributed by atoms with Gasteiger partial charge < -0.3 is 14.2 Å². The van der Waals surface area contributed by atoms with Gasteiger partial charge in [0.25, 0.3) is 0 Å². The molecule has 1 unspecified atom stereocenters. The van der Waals surface area contributed by atoms with Crippen LogP contribution < -0.4 is 0 Å². The molecule has 372 valence electrons. The largest absolute Gasteiger partial charge is 0.462 e. The monoisotopic (exact) mass is 913 g/mol. The SMILES string of the molecule is CC/C=C\C/C=C\C/C=C\C/C=C\C/C=C\C/C=C\CCCCC(=O)OCC(COC(=O)CCCCCCCC)OC(=O)CCCCCCCCCC/C=C\C/C=C\C/C=C\C/C=C\CC. The van der Waals surface area contributed by atoms with Gasteiger partial charge in [-0.15, -0.1) is 0 Å². The smallest absolute Gasteiger partial charge is 0.306 e. The number of hydrogen-bond acceptors (Lipinski definition) is 6. The molecule has 0 aliphatic heterocycles. The summed E-state index contributed by atoms with van der Waals surface area (Å²) in [7, 11) is 0. The molecule has 0 saturated carbocycles. The highest BCUT2D eigenvalue weighted by Crippen LogP contribution is 2.13. The summed E-state index contributed by atoms with van der Waals surface area (Å²) in [5.74, 6) is -0.968. The van der Waals surface area contributed by atoms with Crippen LogP contribution in [0.5, 0.6) is 0 Å². The number of carbonyl (C=O) groups is 3. The predicted molar refractivity (Wildman–Crippen MR) is 283 cm³/mol. The van der Waals surface area contributed by atoms with Gasteiger partial charge in [-0.3, -0.25) is 14.4 Å². The van der Waals surface area contributed by atoms with E-state index >= 15 is 0 Å². The molecule has 0 aliphatic rings. The topological polar surface area (TPSA) is 78.9 Å². The van der Waals surface area contributed by atoms with Gasteiger partial charge in [-0.05, 0) is 109 Å². The Hall–Kier alpha value is -4.19. The van der Waals surface area contributed by atoms with Crippen molar-refractivity contribution >= 4 is 17.9 Å². The van der Waals surface area contributed by atoms with E-state index in [-0.39, 0.29) is 31.1 Å². The second-order valence-corrected chi connectivity index (χ2v) is 17.0. The minimum atomic E-state index is -0.800. The summed E-state index contributed by atoms with van der Waals surface area (Å²) >= 11 is 0. The van der Waals surface area contributed by atoms with Crippen LogP contribution in [-0.4, -0.2) is 37.2 Å². The maximum absolute atomic E-state index is 12.8. The van der Waals surface area contributed by atoms with Crippen LogP contribution in [-0.2, 0) is 28.6 Å². The van der Waals surface area contributed by atoms with E-state index < -0.39 is 6.10 Å². The van der Waals surface area contributed by atoms with Crippen molar-refractivity contribution < 1.29 is 28.6 Å². The van der Waals surface area contributed by atoms with Gasteiger partial charge in [0.05, 0.1) is 0 Å². The van der Waals surface area contributed by atoms with Crippen molar-refractivity contribution in [1.29, 1.82) is 0 Å². The van der Waals surface area contributed by atoms with Gasteiger partial charge in [-0.25, -0.2) is 0 Å². The Morgan fingerprint density at radius 3 is 0.955 bits per heavy atom. The zero-order chi connectivity index (χ0) is 47.9. The molecule has 66 heavy (non-hydrogen) atoms. The third kappa shape index (κ3) is 50.8. The molecule has 6 nitrogen and oxygen atoms in total. The van der Waals surface area contributed by atoms with E-state index in [0.29, 0.717) is 25.7 Å². The Bertz CT molecular complexity index is 1420. The van der Waals surface area contributed by atoms with Crippen molar-refractivity contribution in [3.63, 3.8) is 0 Å². The zero-order valence-corrected chi connectivity index (χ0v) is 42.4. The second kappa shape index (κ2) is 53.4. The number of allylic oxidation sites excluding steroid dienone is 20. The Morgan fingerprint density at radius 2 is 0.591 bits per heavy atom. The average Bonchev–Trinajstić information content (AvgIpc) is 3.31. The Kier molecular flexibility index (Phi) is 50.0. The molecule has 0 N–H and O–H groups in total. The van der Waals surface area contributed by atoms with Crippen LogP contribution in [0.15, 0.2) is 122 Å². The van der Waals surface area contributed by atoms with Gasteiger partial charge >= 0.3 is 17.9 Å². The minimum absolute atomic E-state index is 0.0986. The maximum atomic E-state index is 12.8. The fraction of sp³-hybridized carbons (Fsp3) is 0.617. The number of ether oxygens (including phenoxy) is 3. The molecule has 0 rings (SSSR count). The molecule has 0 aromatic heterocycles. The highest BCUT2D eigenvalue weighted by Gasteiger charge is 2.19. The number of rotatable bonds is 46. The van der Waals surface area contributed by atoms with E-state index in [0.717, 1.165) is 122 Å². The summed E-state index contributed by atoms with van der Waals surface area (Å²) in [4.78, 5) is 37.8. The van der Waals surface area contributed by atoms with E-state index in [1.165, 1.54) is 51.4 Å². The zero-order valence-electron chi connectivity index (χ0n) is 42.4. The first kappa shape index (κ1) is 61.8. The Balaban J connectivity index is 4.32. The van der Waals surface area contributed by atoms with Crippen LogP contribution in [0.1, 0.15) is 220 Å². The summed E-state index contributed by atoms with van der Waals surface area (Å²) in [5.41, 5.74) is 0. The fourth-order valence-electron chi connectivity index (χ4n) is 6.79. The second-order valence-electron chi connectivity index (χ2n) is 17.0. The van der Waals surface area contributed by atoms with Crippen molar-refractivity contribution in [2.24, 2.45) is 0 Å². The lowest BCUT2D eigenvalue weighted by Crippen LogP contribution is -2.30. The van der Waals surface area contributed by atoms with Gasteiger partial charge in [0.2, 0.25) is 0 Å². The Morgan fingerprint density at radius 1 is 0.318 bits per heavy atom. The maximum Gasteiger partial charge on any atom is 0.306 e. The molecule has 0 spiro atoms. The summed E-state index contributed by atoms with van der Waals surface area (Å²) in [5, 5.41) is 0. The third-order valence-corrected chi connectivity index (χ3v) is 10.7. The van der Waals surface area contributed by atoms with Gasteiger partial charge in [0.15, 0.2) is 6.10 Å². The number of carbonyl (C=O) groups excluding carboxylic acids is 3. The molecule has 0 radical (unpaired) electrons. The number of unbranched alkanes of at least 4 members (excludes halogenated alkanes) is 15. The molecular weight excluding hydrogens is 817 g/mol. The fourth-order valence-corrected chi connectivity index (χ4v) is 6.79. The summed E-state index contributed by atoms with van der Waals surface area (Å²) < 4.78 is 16.7. The molecule has 0 saturated heterocycles. The first-order chi connectivity index (χ1) is 32.5. The molecule has 0 aliphatic carbocycles. The van der Waals surface area contributed by atoms with Crippen LogP contribution in [0, 0.1) is 0 Å². The Labute approximate surface area is 405 Å². The van der Waals surface area contributed by atoms with Crippen LogP contribution in [0.3, 0.4) is 0 Å². The summed E-state index contributed by atoms with van der Waals surface area (Å²) in [6.45, 7) is 6.29. The predicted octanol–water partition coefficient (Wildman–Crippen LogP) is 17.7. The normalized spacial score (nSPS) is 13.1. The van der Waals surface area contributed by atoms with E-state index in [9.17, 15) is 14.4 Å². The first-order valence-electron chi connectivity index (χ1n) is 26.5. The highest BCUT2D eigenvalue weighted by molar-refractivity contribution is 5.71. The molecule has 0 aromatic carbocycles. The molecule has 0 bridgehead atoms. The summed E-state index contributed by atoms with van der Waals surface area (Å²) in [6, 6.07) is 0. The first-order valence-corrected chi connectivity index (χ1v) is 26.5. The van der Waals surface area contributed by atoms with E-state index in [1.54, 1.807) is 0 Å². The molecular formula is C60H96O6. The van der Waals surface area contributed by atoms with Gasteiger partial charge in [-0.1, -0.05) is 213 Å². The van der Waals surface area contributed by atoms with Gasteiger partial charge in [0, 0.05) is 19.3 Å². The van der Waals surface area contributed by atoms with Gasteiger partial charge in [0.1, 0.15) is 13.2 Å². The molecule has 0 aromatic rings. The number of hydrogen-bond donors (Lipinski definition) is 0. The molecule has 0 heterocycles. The van der Waals surface area contributed by atoms with Crippen molar-refractivity contribution in [1.82, 2.24) is 0 Å². The average molecular weight is 913 g/mol. The summed E-state index contributed by atoms with van der Waals surface area (Å²) in [6.07, 6.45) is 73.5. The van der Waals surface area contributed by atoms with Gasteiger partial charge in [-0.2, -0.15) is 0 Å². The van der Waals surface area contributed by atoms with E-state index in [2.05, 4.69) is 142 Å². The molecule has 6 heteroatoms. The molecule has 1 atom stereocenters. The third-order valence-electron chi connectivity index (χ3n) is 10.7. The quantitative estimate of drug-likeness (QED) is 0.0262. The van der Waals surface area contributed by atoms with E-state index in [1.807, 2.05) is 0 Å². The highest BCUT2D eigenvalue weighted by atomic mass is 16.6. The van der Waals surface area contributed by atoms with Crippen molar-refractivity contribution in [3.05, 3.63) is 122 Å². The lowest BCUT2D eigenvalue weighted by molar-refractivity contribution is -0.167. The standard InChI is InChI=1S/C60H96O6/c1-4-7-10-13-16-18-20-22-24-26-28-30-32-34-36-38-40-42-44-47-50-53-59(62)65-56-57(55-64-58(61)52-49-46-15-12-9-6-3)66-60(63)54-51-48-45-43-41-39-37-35-33-31-29-27-25-23-21-19-17-14-11-8-5-2/h7-8,10-11,16-19,22-25,28-31,34,36,40,42,57H,4-6,9,12-15,20-21,26-27,32-33,35,37-39,41,43-56H2,1-3H3/b10-7-,11-8-,18-16-,19-17-,24-22-,25-23-,30-28-,31-29-,36-34-,42-40-.